The summed E-state index contributed by atoms with van der Waals surface area (Å²) in [6.45, 7) is -2.66. The Labute approximate surface area is 183 Å². The maximum absolute atomic E-state index is 13.1. The fourth-order valence-corrected chi connectivity index (χ4v) is 5.08. The zero-order chi connectivity index (χ0) is 25.9. The second-order valence-corrected chi connectivity index (χ2v) is 8.78. The number of rotatable bonds is 6. The molecule has 1 N–H and O–H groups in total. The minimum Gasteiger partial charge on any atom is -0.454 e. The first-order chi connectivity index (χ1) is 16.2. The van der Waals surface area contributed by atoms with Crippen LogP contribution in [0.3, 0.4) is 0 Å². The first-order valence-corrected chi connectivity index (χ1v) is 10.6. The number of thiophene rings is 1. The lowest BCUT2D eigenvalue weighted by Crippen LogP contribution is -2.16. The number of benzene rings is 1. The van der Waals surface area contributed by atoms with Crippen LogP contribution in [0.2, 0.25) is 5.02 Å². The van der Waals surface area contributed by atoms with E-state index in [2.05, 4.69) is 5.16 Å². The number of nitrogens with one attached hydrogen (secondary N) is 1. The number of anilines is 1. The molecule has 2 aromatic heterocycles. The van der Waals surface area contributed by atoms with Crippen molar-refractivity contribution in [1.82, 2.24) is 5.16 Å². The molecule has 0 saturated heterocycles. The molecule has 0 fully saturated rings. The van der Waals surface area contributed by atoms with E-state index in [9.17, 15) is 13.2 Å². The van der Waals surface area contributed by atoms with Gasteiger partial charge in [0, 0.05) is 10.5 Å². The van der Waals surface area contributed by atoms with Crippen LogP contribution in [0.4, 0.5) is 5.88 Å². The summed E-state index contributed by atoms with van der Waals surface area (Å²) in [6.07, 6.45) is -0.425. The standard InChI is InChI=1S/C18H15ClN2O6S2/c1-9-5-13-14(26-8-25-13)7-11(9)6-12(22)17-15(3-4-28-17)29(23,24)21-18-16(19)10(2)20-27-18/h3-5,7,21H,6,8H2,1-2H3/i2D3,5D,7D,8D. The van der Waals surface area contributed by atoms with Crippen molar-refractivity contribution in [3.8, 4) is 11.5 Å². The number of halogens is 1. The van der Waals surface area contributed by atoms with Gasteiger partial charge in [-0.15, -0.1) is 11.3 Å². The average Bonchev–Trinajstić information content (AvgIpc) is 3.48. The highest BCUT2D eigenvalue weighted by Crippen LogP contribution is 2.36. The van der Waals surface area contributed by atoms with E-state index in [0.29, 0.717) is 0 Å². The summed E-state index contributed by atoms with van der Waals surface area (Å²) < 4.78 is 89.0. The lowest BCUT2D eigenvalue weighted by atomic mass is 10.0. The van der Waals surface area contributed by atoms with Gasteiger partial charge in [0.15, 0.2) is 17.3 Å². The number of carbonyl (C=O) groups excluding carboxylic acids is 1. The first-order valence-electron chi connectivity index (χ1n) is 11.0. The van der Waals surface area contributed by atoms with E-state index in [1.807, 2.05) is 4.72 Å². The predicted octanol–water partition coefficient (Wildman–Crippen LogP) is 3.96. The van der Waals surface area contributed by atoms with Crippen LogP contribution in [0, 0.1) is 13.8 Å². The van der Waals surface area contributed by atoms with Crippen LogP contribution in [-0.2, 0) is 16.4 Å². The van der Waals surface area contributed by atoms with Crippen molar-refractivity contribution in [2.45, 2.75) is 25.1 Å². The number of Topliss-reactive ketones (excluding diaryl/α,β-unsaturated/α-hetero) is 1. The number of ketones is 1. The molecule has 3 heterocycles. The number of ether oxygens (including phenoxy) is 2. The fourth-order valence-electron chi connectivity index (χ4n) is 2.53. The Kier molecular flexibility index (Phi) is 3.46. The van der Waals surface area contributed by atoms with Gasteiger partial charge in [0.25, 0.3) is 15.9 Å². The second kappa shape index (κ2) is 7.36. The van der Waals surface area contributed by atoms with Gasteiger partial charge in [-0.1, -0.05) is 16.8 Å². The van der Waals surface area contributed by atoms with Crippen LogP contribution in [0.15, 0.2) is 32.9 Å². The molecule has 3 aromatic rings. The van der Waals surface area contributed by atoms with Crippen molar-refractivity contribution < 1.29 is 35.4 Å². The van der Waals surface area contributed by atoms with Crippen LogP contribution >= 0.6 is 22.9 Å². The summed E-state index contributed by atoms with van der Waals surface area (Å²) in [7, 11) is -4.45. The number of carbonyl (C=O) groups is 1. The maximum atomic E-state index is 13.1. The van der Waals surface area contributed by atoms with Gasteiger partial charge in [0.05, 0.1) is 7.62 Å². The van der Waals surface area contributed by atoms with Gasteiger partial charge in [-0.3, -0.25) is 4.79 Å². The smallest absolute Gasteiger partial charge is 0.265 e. The van der Waals surface area contributed by atoms with Crippen molar-refractivity contribution >= 4 is 44.6 Å². The van der Waals surface area contributed by atoms with Crippen LogP contribution in [-0.4, -0.2) is 26.1 Å². The Morgan fingerprint density at radius 1 is 1.45 bits per heavy atom. The van der Waals surface area contributed by atoms with Crippen LogP contribution in [0.1, 0.15) is 34.7 Å². The Bertz CT molecular complexity index is 1450. The molecule has 1 unspecified atom stereocenters. The molecule has 1 atom stereocenters. The normalized spacial score (nSPS) is 18.9. The van der Waals surface area contributed by atoms with Crippen molar-refractivity contribution in [1.29, 1.82) is 0 Å². The number of sulfonamides is 1. The third-order valence-electron chi connectivity index (χ3n) is 3.93. The predicted molar refractivity (Wildman–Crippen MR) is 107 cm³/mol. The van der Waals surface area contributed by atoms with Gasteiger partial charge in [0.1, 0.15) is 17.0 Å². The number of hydrogen-bond acceptors (Lipinski definition) is 8. The molecule has 29 heavy (non-hydrogen) atoms. The van der Waals surface area contributed by atoms with Gasteiger partial charge in [-0.05, 0) is 48.4 Å². The Morgan fingerprint density at radius 2 is 2.21 bits per heavy atom. The third-order valence-corrected chi connectivity index (χ3v) is 6.74. The quantitative estimate of drug-likeness (QED) is 0.554. The molecule has 0 amide bonds. The summed E-state index contributed by atoms with van der Waals surface area (Å²) in [6, 6.07) is 0.796. The van der Waals surface area contributed by atoms with Gasteiger partial charge in [-0.25, -0.2) is 13.1 Å². The number of aromatic nitrogens is 1. The van der Waals surface area contributed by atoms with Crippen LogP contribution < -0.4 is 14.2 Å². The number of aryl methyl sites for hydroxylation is 1. The van der Waals surface area contributed by atoms with E-state index in [1.54, 1.807) is 0 Å². The van der Waals surface area contributed by atoms with Crippen LogP contribution in [0.5, 0.6) is 11.5 Å². The summed E-state index contributed by atoms with van der Waals surface area (Å²) in [4.78, 5) is 12.5. The van der Waals surface area contributed by atoms with Crippen LogP contribution in [0.25, 0.3) is 0 Å². The summed E-state index contributed by atoms with van der Waals surface area (Å²) in [5.74, 6) is -1.47. The van der Waals surface area contributed by atoms with Crippen molar-refractivity contribution in [2.24, 2.45) is 0 Å². The summed E-state index contributed by atoms with van der Waals surface area (Å²) >= 11 is 6.75. The van der Waals surface area contributed by atoms with Gasteiger partial charge in [0.2, 0.25) is 6.77 Å². The number of hydrogen-bond donors (Lipinski definition) is 1. The highest BCUT2D eigenvalue weighted by Gasteiger charge is 2.27. The number of fused-ring (bicyclic) bond motifs is 1. The molecule has 152 valence electrons. The largest absolute Gasteiger partial charge is 0.454 e. The molecule has 0 bridgehead atoms. The van der Waals surface area contributed by atoms with E-state index in [-0.39, 0.29) is 39.6 Å². The zero-order valence-electron chi connectivity index (χ0n) is 20.5. The molecule has 0 aliphatic carbocycles. The fraction of sp³-hybridized carbons (Fsp3) is 0.222. The van der Waals surface area contributed by atoms with Crippen molar-refractivity contribution in [2.75, 3.05) is 11.5 Å². The molecule has 0 saturated carbocycles. The van der Waals surface area contributed by atoms with E-state index in [1.165, 1.54) is 18.4 Å². The molecule has 1 aliphatic heterocycles. The van der Waals surface area contributed by atoms with E-state index in [4.69, 9.17) is 33.8 Å². The molecular weight excluding hydrogens is 440 g/mol. The first kappa shape index (κ1) is 13.6. The zero-order valence-corrected chi connectivity index (χ0v) is 16.9. The summed E-state index contributed by atoms with van der Waals surface area (Å²) in [5.41, 5.74) is -0.243. The highest BCUT2D eigenvalue weighted by atomic mass is 35.5. The maximum Gasteiger partial charge on any atom is 0.265 e. The molecule has 8 nitrogen and oxygen atoms in total. The monoisotopic (exact) mass is 460 g/mol. The average molecular weight is 461 g/mol. The Morgan fingerprint density at radius 3 is 2.93 bits per heavy atom. The van der Waals surface area contributed by atoms with Crippen molar-refractivity contribution in [3.63, 3.8) is 0 Å². The van der Waals surface area contributed by atoms with Gasteiger partial charge >= 0.3 is 0 Å². The minimum atomic E-state index is -4.45. The van der Waals surface area contributed by atoms with E-state index < -0.39 is 57.3 Å². The highest BCUT2D eigenvalue weighted by molar-refractivity contribution is 7.93. The molecule has 4 rings (SSSR count). The Balaban J connectivity index is 1.64. The molecule has 11 heteroatoms. The SMILES string of the molecule is [2H]c1c(C)c(CC(=O)c2sccc2S(=O)(=O)Nc2onc(C([2H])([2H])[2H])c2Cl)c([2H])c2c1OC([2H])O2. The molecular formula is C18H15ClN2O6S2. The Hall–Kier alpha value is -2.56. The summed E-state index contributed by atoms with van der Waals surface area (Å²) in [5, 5.41) is 4.12. The lowest BCUT2D eigenvalue weighted by Gasteiger charge is -2.09. The van der Waals surface area contributed by atoms with Gasteiger partial charge < -0.3 is 14.0 Å². The molecule has 1 aliphatic rings. The third kappa shape index (κ3) is 3.70. The van der Waals surface area contributed by atoms with E-state index >= 15 is 0 Å². The molecule has 0 spiro atoms. The van der Waals surface area contributed by atoms with E-state index in [0.717, 1.165) is 11.3 Å². The molecule has 0 radical (unpaired) electrons. The minimum absolute atomic E-state index is 0.0624. The lowest BCUT2D eigenvalue weighted by molar-refractivity contribution is 0.0994. The second-order valence-electron chi connectivity index (χ2n) is 5.84. The van der Waals surface area contributed by atoms with Crippen molar-refractivity contribution in [3.05, 3.63) is 50.3 Å². The molecule has 1 aromatic carbocycles. The topological polar surface area (TPSA) is 108 Å². The number of nitrogens with zero attached hydrogens (tertiary/aromatic N) is 1. The van der Waals surface area contributed by atoms with Gasteiger partial charge in [-0.2, -0.15) is 0 Å².